The second-order valence-electron chi connectivity index (χ2n) is 15.5. The first-order valence-corrected chi connectivity index (χ1v) is 22.1. The minimum Gasteiger partial charge on any atom is -0.351 e. The molecule has 0 saturated carbocycles. The molecule has 0 fully saturated rings. The zero-order chi connectivity index (χ0) is 37.0. The Hall–Kier alpha value is -3.87. The molecule has 0 radical (unpaired) electrons. The molecule has 3 aromatic carbocycles. The minimum absolute atomic E-state index is 0.149. The predicted octanol–water partition coefficient (Wildman–Crippen LogP) is 12.3. The normalized spacial score (nSPS) is 13.1. The molecular formula is C40H48F4N4Si2. The summed E-state index contributed by atoms with van der Waals surface area (Å²) < 4.78 is 60.2. The van der Waals surface area contributed by atoms with Gasteiger partial charge in [-0.25, -0.2) is 27.5 Å². The fourth-order valence-electron chi connectivity index (χ4n) is 8.65. The van der Waals surface area contributed by atoms with E-state index < -0.39 is 50.5 Å². The number of fused-ring (bicyclic) bond motifs is 4. The Morgan fingerprint density at radius 2 is 0.780 bits per heavy atom. The maximum atomic E-state index is 15.4. The molecule has 2 N–H and O–H groups in total. The van der Waals surface area contributed by atoms with E-state index in [9.17, 15) is 8.78 Å². The van der Waals surface area contributed by atoms with Crippen LogP contribution >= 0.6 is 0 Å². The Bertz CT molecular complexity index is 1920. The molecule has 0 saturated heterocycles. The van der Waals surface area contributed by atoms with E-state index in [1.54, 1.807) is 0 Å². The summed E-state index contributed by atoms with van der Waals surface area (Å²) in [5.74, 6) is -0.0855. The third kappa shape index (κ3) is 5.79. The number of anilines is 4. The van der Waals surface area contributed by atoms with E-state index in [-0.39, 0.29) is 11.0 Å². The van der Waals surface area contributed by atoms with E-state index in [2.05, 4.69) is 127 Å². The number of aromatic nitrogens is 2. The van der Waals surface area contributed by atoms with E-state index in [4.69, 9.17) is 0 Å². The van der Waals surface area contributed by atoms with Crippen LogP contribution in [0.1, 0.15) is 94.2 Å². The van der Waals surface area contributed by atoms with Crippen molar-refractivity contribution in [2.45, 2.75) is 116 Å². The second-order valence-corrected chi connectivity index (χ2v) is 26.6. The lowest BCUT2D eigenvalue weighted by molar-refractivity contribution is 0.416. The molecule has 4 aromatic rings. The molecule has 2 heterocycles. The topological polar surface area (TPSA) is 49.8 Å². The zero-order valence-electron chi connectivity index (χ0n) is 31.2. The van der Waals surface area contributed by atoms with Crippen LogP contribution in [-0.2, 0) is 0 Å². The van der Waals surface area contributed by atoms with Crippen molar-refractivity contribution in [3.63, 3.8) is 0 Å². The molecule has 1 aliphatic heterocycles. The highest BCUT2D eigenvalue weighted by atomic mass is 28.3. The van der Waals surface area contributed by atoms with E-state index in [1.807, 2.05) is 24.3 Å². The van der Waals surface area contributed by atoms with Gasteiger partial charge in [-0.1, -0.05) is 107 Å². The molecule has 1 aliphatic rings. The highest BCUT2D eigenvalue weighted by Crippen LogP contribution is 2.47. The number of nitrogens with one attached hydrogen (secondary N) is 2. The van der Waals surface area contributed by atoms with Gasteiger partial charge in [0.2, 0.25) is 0 Å². The summed E-state index contributed by atoms with van der Waals surface area (Å²) in [7, 11) is -4.64. The number of benzene rings is 3. The maximum absolute atomic E-state index is 15.4. The van der Waals surface area contributed by atoms with Gasteiger partial charge in [-0.05, 0) is 45.4 Å². The van der Waals surface area contributed by atoms with E-state index >= 15 is 8.78 Å². The van der Waals surface area contributed by atoms with Crippen LogP contribution in [-0.4, -0.2) is 26.1 Å². The summed E-state index contributed by atoms with van der Waals surface area (Å²) in [5.41, 5.74) is 11.8. The lowest BCUT2D eigenvalue weighted by Gasteiger charge is -2.38. The van der Waals surface area contributed by atoms with E-state index in [1.165, 1.54) is 0 Å². The lowest BCUT2D eigenvalue weighted by atomic mass is 9.99. The fourth-order valence-corrected chi connectivity index (χ4v) is 19.1. The molecule has 10 heteroatoms. The van der Waals surface area contributed by atoms with Crippen LogP contribution in [0.25, 0.3) is 22.1 Å². The van der Waals surface area contributed by atoms with E-state index in [0.717, 1.165) is 11.4 Å². The average molecular weight is 717 g/mol. The van der Waals surface area contributed by atoms with Gasteiger partial charge in [0.25, 0.3) is 0 Å². The molecule has 0 bridgehead atoms. The number of rotatable bonds is 6. The largest absolute Gasteiger partial charge is 0.351 e. The number of nitrogens with zero attached hydrogens (tertiary/aromatic N) is 2. The Morgan fingerprint density at radius 1 is 0.480 bits per heavy atom. The molecule has 50 heavy (non-hydrogen) atoms. The third-order valence-electron chi connectivity index (χ3n) is 11.1. The van der Waals surface area contributed by atoms with Crippen LogP contribution in [0.15, 0.2) is 24.3 Å². The number of hydrogen-bond acceptors (Lipinski definition) is 4. The van der Waals surface area contributed by atoms with Crippen LogP contribution in [0, 0.1) is 46.2 Å². The van der Waals surface area contributed by atoms with Crippen molar-refractivity contribution < 1.29 is 17.6 Å². The highest BCUT2D eigenvalue weighted by molar-refractivity contribution is 6.91. The number of hydrogen-bond donors (Lipinski definition) is 2. The third-order valence-corrected chi connectivity index (χ3v) is 23.7. The first-order valence-electron chi connectivity index (χ1n) is 17.6. The van der Waals surface area contributed by atoms with Gasteiger partial charge in [0, 0.05) is 0 Å². The van der Waals surface area contributed by atoms with Gasteiger partial charge in [0.1, 0.15) is 38.2 Å². The molecule has 0 atom stereocenters. The monoisotopic (exact) mass is 716 g/mol. The van der Waals surface area contributed by atoms with Crippen LogP contribution in [0.4, 0.5) is 40.3 Å². The molecule has 0 unspecified atom stereocenters. The molecular weight excluding hydrogens is 669 g/mol. The molecule has 0 aliphatic carbocycles. The van der Waals surface area contributed by atoms with Crippen LogP contribution in [0.3, 0.4) is 0 Å². The van der Waals surface area contributed by atoms with Crippen molar-refractivity contribution in [3.8, 4) is 22.9 Å². The van der Waals surface area contributed by atoms with Crippen LogP contribution < -0.4 is 10.6 Å². The van der Waals surface area contributed by atoms with Crippen molar-refractivity contribution >= 4 is 61.0 Å². The first kappa shape index (κ1) is 37.4. The van der Waals surface area contributed by atoms with Gasteiger partial charge in [-0.15, -0.1) is 11.1 Å². The maximum Gasteiger partial charge on any atom is 0.199 e. The molecule has 1 aromatic heterocycles. The molecule has 5 rings (SSSR count). The zero-order valence-corrected chi connectivity index (χ0v) is 33.2. The molecule has 0 amide bonds. The SMILES string of the molecule is CC(C)[Si](C#Cc1c2c(c(C#C[Si](C(C)C)(C(C)C)C(C)C)c3nc4c(F)c(F)c(F)c(F)c4nc13)Nc1ccccc1N2)(C(C)C)C(C)C. The molecule has 0 spiro atoms. The predicted molar refractivity (Wildman–Crippen MR) is 206 cm³/mol. The van der Waals surface area contributed by atoms with Gasteiger partial charge >= 0.3 is 0 Å². The quantitative estimate of drug-likeness (QED) is 0.0459. The summed E-state index contributed by atoms with van der Waals surface area (Å²) in [6.45, 7) is 26.5. The Kier molecular flexibility index (Phi) is 10.2. The van der Waals surface area contributed by atoms with Gasteiger partial charge in [0.05, 0.1) is 33.9 Å². The van der Waals surface area contributed by atoms with Crippen molar-refractivity contribution in [1.29, 1.82) is 0 Å². The summed E-state index contributed by atoms with van der Waals surface area (Å²) in [6, 6.07) is 7.69. The van der Waals surface area contributed by atoms with Crippen LogP contribution in [0.5, 0.6) is 0 Å². The second kappa shape index (κ2) is 13.7. The van der Waals surface area contributed by atoms with Gasteiger partial charge in [-0.2, -0.15) is 0 Å². The standard InChI is InChI=1S/C40H48F4N4Si2/c1-21(2)49(22(3)4,23(5)6)19-17-27-35-36(46-30-16-14-13-15-29(30)45-35)28(18-20-50(24(7)8,25(9)10)26(11)12)38-37(27)47-39-33(43)31(41)32(42)34(44)40(39)48-38/h13-16,21-26,45-46H,1-12H3. The number of para-hydroxylation sites is 2. The highest BCUT2D eigenvalue weighted by Gasteiger charge is 2.43. The smallest absolute Gasteiger partial charge is 0.199 e. The Balaban J connectivity index is 2.04. The minimum atomic E-state index is -2.32. The summed E-state index contributed by atoms with van der Waals surface area (Å²) in [4.78, 5) is 9.11. The lowest BCUT2D eigenvalue weighted by Crippen LogP contribution is -2.43. The fraction of sp³-hybridized carbons (Fsp3) is 0.450. The Morgan fingerprint density at radius 3 is 1.06 bits per heavy atom. The summed E-state index contributed by atoms with van der Waals surface area (Å²) in [5, 5.41) is 7.10. The number of halogens is 4. The van der Waals surface area contributed by atoms with Gasteiger partial charge < -0.3 is 10.6 Å². The van der Waals surface area contributed by atoms with Crippen molar-refractivity contribution in [3.05, 3.63) is 58.7 Å². The molecule has 4 nitrogen and oxygen atoms in total. The first-order chi connectivity index (χ1) is 23.4. The van der Waals surface area contributed by atoms with Gasteiger partial charge in [-0.3, -0.25) is 0 Å². The average Bonchev–Trinajstić information content (AvgIpc) is 3.05. The van der Waals surface area contributed by atoms with Gasteiger partial charge in [0.15, 0.2) is 23.3 Å². The molecule has 264 valence electrons. The van der Waals surface area contributed by atoms with E-state index in [0.29, 0.717) is 55.7 Å². The van der Waals surface area contributed by atoms with Crippen molar-refractivity contribution in [1.82, 2.24) is 9.97 Å². The van der Waals surface area contributed by atoms with Crippen molar-refractivity contribution in [2.24, 2.45) is 0 Å². The summed E-state index contributed by atoms with van der Waals surface area (Å²) >= 11 is 0. The summed E-state index contributed by atoms with van der Waals surface area (Å²) in [6.07, 6.45) is 0. The van der Waals surface area contributed by atoms with Crippen molar-refractivity contribution in [2.75, 3.05) is 10.6 Å². The Labute approximate surface area is 296 Å². The van der Waals surface area contributed by atoms with Crippen LogP contribution in [0.2, 0.25) is 33.2 Å².